The average Bonchev–Trinajstić information content (AvgIpc) is 3.39. The highest BCUT2D eigenvalue weighted by molar-refractivity contribution is 7.78. The molecular weight excluding hydrogens is 485 g/mol. The topological polar surface area (TPSA) is 12.4 Å². The Labute approximate surface area is 211 Å². The molecule has 0 amide bonds. The van der Waals surface area contributed by atoms with Crippen molar-refractivity contribution in [3.63, 3.8) is 0 Å². The molecule has 0 bridgehead atoms. The molecule has 34 heavy (non-hydrogen) atoms. The number of aryl methyl sites for hydroxylation is 1. The fourth-order valence-electron chi connectivity index (χ4n) is 3.40. The minimum atomic E-state index is -0.759. The molecule has 0 saturated heterocycles. The highest BCUT2D eigenvalue weighted by Crippen LogP contribution is 2.39. The van der Waals surface area contributed by atoms with Crippen LogP contribution in [0.15, 0.2) is 47.5 Å². The fourth-order valence-corrected chi connectivity index (χ4v) is 5.73. The van der Waals surface area contributed by atoms with E-state index in [-0.39, 0.29) is 0 Å². The number of fused-ring (bicyclic) bond motifs is 1. The fraction of sp³-hybridized carbons (Fsp3) is 0.179. The summed E-state index contributed by atoms with van der Waals surface area (Å²) < 4.78 is 30.5. The first-order valence-electron chi connectivity index (χ1n) is 10.8. The number of unbranched alkanes of at least 4 members (excludes halogenated alkanes) is 1. The first-order chi connectivity index (χ1) is 16.5. The third-order valence-corrected chi connectivity index (χ3v) is 7.43. The number of benzene rings is 2. The van der Waals surface area contributed by atoms with Gasteiger partial charge in [0.25, 0.3) is 0 Å². The van der Waals surface area contributed by atoms with Gasteiger partial charge in [-0.15, -0.1) is 22.7 Å². The quantitative estimate of drug-likeness (QED) is 0.154. The summed E-state index contributed by atoms with van der Waals surface area (Å²) in [5.41, 5.74) is 3.26. The number of isothiocyanates is 1. The number of aliphatic imine (C=N–C) groups is 1. The van der Waals surface area contributed by atoms with Gasteiger partial charge >= 0.3 is 0 Å². The summed E-state index contributed by atoms with van der Waals surface area (Å²) >= 11 is 7.49. The Bertz CT molecular complexity index is 1490. The van der Waals surface area contributed by atoms with Crippen molar-refractivity contribution < 1.29 is 8.78 Å². The van der Waals surface area contributed by atoms with Gasteiger partial charge in [-0.25, -0.2) is 8.78 Å². The largest absolute Gasteiger partial charge is 0.204 e. The van der Waals surface area contributed by atoms with Gasteiger partial charge in [-0.2, -0.15) is 4.99 Å². The van der Waals surface area contributed by atoms with E-state index in [0.29, 0.717) is 5.56 Å². The Balaban J connectivity index is 1.59. The van der Waals surface area contributed by atoms with Crippen molar-refractivity contribution in [2.24, 2.45) is 4.99 Å². The molecule has 2 heterocycles. The summed E-state index contributed by atoms with van der Waals surface area (Å²) in [5.74, 6) is 11.5. The zero-order chi connectivity index (χ0) is 24.1. The summed E-state index contributed by atoms with van der Waals surface area (Å²) in [6.07, 6.45) is 2.84. The Morgan fingerprint density at radius 2 is 1.68 bits per heavy atom. The van der Waals surface area contributed by atoms with Crippen LogP contribution in [-0.4, -0.2) is 5.16 Å². The maximum absolute atomic E-state index is 14.2. The maximum atomic E-state index is 14.2. The molecule has 0 N–H and O–H groups in total. The molecule has 0 fully saturated rings. The lowest BCUT2D eigenvalue weighted by Gasteiger charge is -2.02. The predicted molar refractivity (Wildman–Crippen MR) is 143 cm³/mol. The molecule has 4 rings (SSSR count). The number of nitrogens with zero attached hydrogens (tertiary/aromatic N) is 1. The summed E-state index contributed by atoms with van der Waals surface area (Å²) in [6, 6.07) is 12.7. The lowest BCUT2D eigenvalue weighted by Crippen LogP contribution is -1.89. The van der Waals surface area contributed by atoms with Gasteiger partial charge in [0.15, 0.2) is 11.6 Å². The molecule has 0 atom stereocenters. The van der Waals surface area contributed by atoms with Gasteiger partial charge in [-0.3, -0.25) is 0 Å². The van der Waals surface area contributed by atoms with Gasteiger partial charge < -0.3 is 0 Å². The number of rotatable bonds is 4. The Morgan fingerprint density at radius 1 is 0.912 bits per heavy atom. The Kier molecular flexibility index (Phi) is 7.68. The number of thiophene rings is 2. The normalized spacial score (nSPS) is 10.2. The molecule has 0 spiro atoms. The van der Waals surface area contributed by atoms with Crippen LogP contribution in [-0.2, 0) is 6.42 Å². The lowest BCUT2D eigenvalue weighted by molar-refractivity contribution is 0.588. The molecule has 1 nitrogen and oxygen atoms in total. The molecule has 0 aliphatic heterocycles. The standard InChI is InChI=1S/C28H19F2NS3/c1-3-5-6-7-18-8-9-20(19(4-2)12-18)10-11-22-15-26-27(33-22)16-25(34-26)21-13-23(29)28(31-17-32)24(30)14-21/h8-9,12-16H,3-5H2,1-2H3. The van der Waals surface area contributed by atoms with Gasteiger partial charge in [0.1, 0.15) is 5.69 Å². The van der Waals surface area contributed by atoms with Crippen molar-refractivity contribution in [1.82, 2.24) is 0 Å². The summed E-state index contributed by atoms with van der Waals surface area (Å²) in [4.78, 5) is 5.19. The zero-order valence-electron chi connectivity index (χ0n) is 18.6. The molecule has 0 unspecified atom stereocenters. The van der Waals surface area contributed by atoms with E-state index in [2.05, 4.69) is 60.8 Å². The van der Waals surface area contributed by atoms with Crippen LogP contribution in [0.2, 0.25) is 0 Å². The monoisotopic (exact) mass is 503 g/mol. The van der Waals surface area contributed by atoms with Gasteiger partial charge in [0, 0.05) is 31.8 Å². The molecule has 0 aliphatic rings. The SMILES string of the molecule is CCCC#Cc1ccc(C#Cc2cc3sc(-c4cc(F)c(N=C=S)c(F)c4)cc3s2)c(CC)c1. The molecule has 0 saturated carbocycles. The second-order valence-corrected chi connectivity index (χ2v) is 9.82. The van der Waals surface area contributed by atoms with Gasteiger partial charge in [0.05, 0.1) is 10.0 Å². The molecule has 0 aliphatic carbocycles. The van der Waals surface area contributed by atoms with Crippen LogP contribution in [0.1, 0.15) is 48.3 Å². The van der Waals surface area contributed by atoms with E-state index in [1.165, 1.54) is 29.0 Å². The van der Waals surface area contributed by atoms with Crippen molar-refractivity contribution in [3.05, 3.63) is 75.7 Å². The number of hydrogen-bond donors (Lipinski definition) is 0. The number of halogens is 2. The van der Waals surface area contributed by atoms with E-state index in [0.717, 1.165) is 49.5 Å². The number of thiocarbonyl (C=S) groups is 1. The van der Waals surface area contributed by atoms with Crippen molar-refractivity contribution >= 4 is 55.1 Å². The minimum Gasteiger partial charge on any atom is -0.204 e. The molecule has 4 aromatic rings. The maximum Gasteiger partial charge on any atom is 0.153 e. The van der Waals surface area contributed by atoms with Crippen LogP contribution >= 0.6 is 34.9 Å². The highest BCUT2D eigenvalue weighted by Gasteiger charge is 2.14. The van der Waals surface area contributed by atoms with Crippen LogP contribution < -0.4 is 0 Å². The van der Waals surface area contributed by atoms with Crippen molar-refractivity contribution in [3.8, 4) is 34.1 Å². The zero-order valence-corrected chi connectivity index (χ0v) is 21.0. The minimum absolute atomic E-state index is 0.415. The van der Waals surface area contributed by atoms with Crippen LogP contribution in [0, 0.1) is 35.3 Å². The summed E-state index contributed by atoms with van der Waals surface area (Å²) in [6.45, 7) is 4.24. The van der Waals surface area contributed by atoms with Crippen molar-refractivity contribution in [2.45, 2.75) is 33.1 Å². The van der Waals surface area contributed by atoms with Crippen LogP contribution in [0.5, 0.6) is 0 Å². The van der Waals surface area contributed by atoms with E-state index in [1.807, 2.05) is 29.4 Å². The second kappa shape index (κ2) is 10.9. The Morgan fingerprint density at radius 3 is 2.35 bits per heavy atom. The van der Waals surface area contributed by atoms with E-state index >= 15 is 0 Å². The van der Waals surface area contributed by atoms with E-state index < -0.39 is 17.3 Å². The Hall–Kier alpha value is -3.12. The third kappa shape index (κ3) is 5.33. The lowest BCUT2D eigenvalue weighted by atomic mass is 10.0. The highest BCUT2D eigenvalue weighted by atomic mass is 32.1. The van der Waals surface area contributed by atoms with Crippen molar-refractivity contribution in [2.75, 3.05) is 0 Å². The van der Waals surface area contributed by atoms with Crippen LogP contribution in [0.25, 0.3) is 19.8 Å². The van der Waals surface area contributed by atoms with Gasteiger partial charge in [-0.1, -0.05) is 37.5 Å². The predicted octanol–water partition coefficient (Wildman–Crippen LogP) is 8.76. The van der Waals surface area contributed by atoms with Crippen molar-refractivity contribution in [1.29, 1.82) is 0 Å². The number of hydrogen-bond acceptors (Lipinski definition) is 4. The third-order valence-electron chi connectivity index (χ3n) is 5.08. The molecule has 0 radical (unpaired) electrons. The molecular formula is C28H19F2NS3. The molecule has 2 aromatic heterocycles. The smallest absolute Gasteiger partial charge is 0.153 e. The van der Waals surface area contributed by atoms with Crippen LogP contribution in [0.4, 0.5) is 14.5 Å². The van der Waals surface area contributed by atoms with Crippen LogP contribution in [0.3, 0.4) is 0 Å². The van der Waals surface area contributed by atoms with E-state index in [4.69, 9.17) is 0 Å². The van der Waals surface area contributed by atoms with E-state index in [1.54, 1.807) is 11.3 Å². The average molecular weight is 504 g/mol. The molecule has 168 valence electrons. The first-order valence-corrected chi connectivity index (χ1v) is 12.8. The van der Waals surface area contributed by atoms with E-state index in [9.17, 15) is 8.78 Å². The first kappa shape index (κ1) is 24.0. The van der Waals surface area contributed by atoms with Gasteiger partial charge in [-0.05, 0) is 78.7 Å². The second-order valence-electron chi connectivity index (χ2n) is 7.47. The summed E-state index contributed by atoms with van der Waals surface area (Å²) in [7, 11) is 0. The molecule has 6 heteroatoms. The summed E-state index contributed by atoms with van der Waals surface area (Å²) in [5, 5.41) is 2.01. The van der Waals surface area contributed by atoms with Gasteiger partial charge in [0.2, 0.25) is 0 Å². The molecule has 2 aromatic carbocycles.